The van der Waals surface area contributed by atoms with Gasteiger partial charge in [-0.25, -0.2) is 0 Å². The van der Waals surface area contributed by atoms with Gasteiger partial charge in [0.05, 0.1) is 6.61 Å². The second-order valence-corrected chi connectivity index (χ2v) is 4.71. The zero-order chi connectivity index (χ0) is 11.7. The molecule has 1 aromatic rings. The van der Waals surface area contributed by atoms with Crippen molar-refractivity contribution in [3.8, 4) is 5.75 Å². The average Bonchev–Trinajstić information content (AvgIpc) is 2.48. The molecular formula is C14H21NO. The molecule has 0 aromatic heterocycles. The summed E-state index contributed by atoms with van der Waals surface area (Å²) in [5.41, 5.74) is 5.33. The van der Waals surface area contributed by atoms with E-state index in [9.17, 15) is 0 Å². The summed E-state index contributed by atoms with van der Waals surface area (Å²) in [5.74, 6) is 1.12. The quantitative estimate of drug-likeness (QED) is 0.784. The van der Waals surface area contributed by atoms with E-state index in [1.165, 1.54) is 22.3 Å². The number of aryl methyl sites for hydroxylation is 2. The Kier molecular flexibility index (Phi) is 3.20. The zero-order valence-corrected chi connectivity index (χ0v) is 10.7. The Morgan fingerprint density at radius 3 is 2.69 bits per heavy atom. The Labute approximate surface area is 98.0 Å². The summed E-state index contributed by atoms with van der Waals surface area (Å²) in [6.07, 6.45) is 2.28. The first-order chi connectivity index (χ1) is 7.65. The van der Waals surface area contributed by atoms with E-state index in [2.05, 4.69) is 32.2 Å². The van der Waals surface area contributed by atoms with Gasteiger partial charge < -0.3 is 10.1 Å². The Morgan fingerprint density at radius 1 is 1.25 bits per heavy atom. The molecule has 0 bridgehead atoms. The summed E-state index contributed by atoms with van der Waals surface area (Å²) < 4.78 is 5.93. The molecule has 0 saturated heterocycles. The van der Waals surface area contributed by atoms with Crippen LogP contribution in [0.3, 0.4) is 0 Å². The van der Waals surface area contributed by atoms with Gasteiger partial charge in [0, 0.05) is 11.6 Å². The highest BCUT2D eigenvalue weighted by Crippen LogP contribution is 2.37. The summed E-state index contributed by atoms with van der Waals surface area (Å²) in [4.78, 5) is 0. The molecule has 0 radical (unpaired) electrons. The molecule has 1 atom stereocenters. The Balaban J connectivity index is 2.60. The van der Waals surface area contributed by atoms with E-state index >= 15 is 0 Å². The summed E-state index contributed by atoms with van der Waals surface area (Å²) in [6, 6.07) is 2.71. The molecule has 2 heteroatoms. The molecule has 1 N–H and O–H groups in total. The fourth-order valence-electron chi connectivity index (χ4n) is 2.58. The summed E-state index contributed by atoms with van der Waals surface area (Å²) >= 11 is 0. The molecule has 0 spiro atoms. The highest BCUT2D eigenvalue weighted by atomic mass is 16.5. The first-order valence-corrected chi connectivity index (χ1v) is 6.06. The first kappa shape index (κ1) is 11.5. The molecule has 0 aliphatic carbocycles. The van der Waals surface area contributed by atoms with Gasteiger partial charge in [-0.1, -0.05) is 6.07 Å². The molecule has 1 heterocycles. The van der Waals surface area contributed by atoms with Crippen LogP contribution >= 0.6 is 0 Å². The van der Waals surface area contributed by atoms with Crippen molar-refractivity contribution in [1.82, 2.24) is 5.32 Å². The lowest BCUT2D eigenvalue weighted by molar-refractivity contribution is 0.313. The van der Waals surface area contributed by atoms with Gasteiger partial charge in [-0.3, -0.25) is 0 Å². The molecule has 88 valence electrons. The van der Waals surface area contributed by atoms with Crippen LogP contribution < -0.4 is 10.1 Å². The molecule has 1 aliphatic rings. The van der Waals surface area contributed by atoms with Gasteiger partial charge in [-0.05, 0) is 57.4 Å². The lowest BCUT2D eigenvalue weighted by atomic mass is 9.93. The van der Waals surface area contributed by atoms with Crippen molar-refractivity contribution < 1.29 is 4.74 Å². The maximum Gasteiger partial charge on any atom is 0.127 e. The number of benzene rings is 1. The number of fused-ring (bicyclic) bond motifs is 1. The number of rotatable bonds is 1. The fourth-order valence-corrected chi connectivity index (χ4v) is 2.58. The van der Waals surface area contributed by atoms with Crippen molar-refractivity contribution in [3.63, 3.8) is 0 Å². The van der Waals surface area contributed by atoms with Crippen molar-refractivity contribution in [3.05, 3.63) is 28.3 Å². The van der Waals surface area contributed by atoms with Gasteiger partial charge in [-0.2, -0.15) is 0 Å². The van der Waals surface area contributed by atoms with Gasteiger partial charge >= 0.3 is 0 Å². The van der Waals surface area contributed by atoms with Crippen LogP contribution in [0.4, 0.5) is 0 Å². The number of hydrogen-bond donors (Lipinski definition) is 1. The molecule has 1 aromatic carbocycles. The molecule has 1 unspecified atom stereocenters. The van der Waals surface area contributed by atoms with Gasteiger partial charge in [0.25, 0.3) is 0 Å². The van der Waals surface area contributed by atoms with Crippen LogP contribution in [0, 0.1) is 20.8 Å². The van der Waals surface area contributed by atoms with E-state index in [1.54, 1.807) is 0 Å². The van der Waals surface area contributed by atoms with Gasteiger partial charge in [0.1, 0.15) is 5.75 Å². The lowest BCUT2D eigenvalue weighted by Gasteiger charge is -2.21. The monoisotopic (exact) mass is 219 g/mol. The molecule has 2 nitrogen and oxygen atoms in total. The second kappa shape index (κ2) is 4.46. The summed E-state index contributed by atoms with van der Waals surface area (Å²) in [7, 11) is 2.04. The van der Waals surface area contributed by atoms with Crippen LogP contribution in [-0.4, -0.2) is 13.7 Å². The first-order valence-electron chi connectivity index (χ1n) is 6.06. The molecule has 0 amide bonds. The van der Waals surface area contributed by atoms with E-state index < -0.39 is 0 Å². The Hall–Kier alpha value is -1.02. The standard InChI is InChI=1S/C14H21NO/c1-9-8-10(2)13-12(15-4)6-5-7-16-14(13)11(9)3/h8,12,15H,5-7H2,1-4H3. The lowest BCUT2D eigenvalue weighted by Crippen LogP contribution is -2.17. The largest absolute Gasteiger partial charge is 0.493 e. The van der Waals surface area contributed by atoms with Crippen LogP contribution in [-0.2, 0) is 0 Å². The van der Waals surface area contributed by atoms with Crippen molar-refractivity contribution >= 4 is 0 Å². The predicted octanol–water partition coefficient (Wildman–Crippen LogP) is 3.04. The second-order valence-electron chi connectivity index (χ2n) is 4.71. The summed E-state index contributed by atoms with van der Waals surface area (Å²) in [6.45, 7) is 7.34. The maximum atomic E-state index is 5.93. The number of hydrogen-bond acceptors (Lipinski definition) is 2. The van der Waals surface area contributed by atoms with Crippen LogP contribution in [0.15, 0.2) is 6.07 Å². The van der Waals surface area contributed by atoms with E-state index in [-0.39, 0.29) is 0 Å². The minimum absolute atomic E-state index is 0.441. The van der Waals surface area contributed by atoms with Crippen LogP contribution in [0.5, 0.6) is 5.75 Å². The van der Waals surface area contributed by atoms with Crippen molar-refractivity contribution in [2.75, 3.05) is 13.7 Å². The van der Waals surface area contributed by atoms with E-state index in [0.29, 0.717) is 6.04 Å². The van der Waals surface area contributed by atoms with Crippen molar-refractivity contribution in [2.24, 2.45) is 0 Å². The van der Waals surface area contributed by atoms with E-state index in [4.69, 9.17) is 4.74 Å². The topological polar surface area (TPSA) is 21.3 Å². The maximum absolute atomic E-state index is 5.93. The third kappa shape index (κ3) is 1.82. The highest BCUT2D eigenvalue weighted by Gasteiger charge is 2.22. The zero-order valence-electron chi connectivity index (χ0n) is 10.7. The van der Waals surface area contributed by atoms with E-state index in [1.807, 2.05) is 7.05 Å². The summed E-state index contributed by atoms with van der Waals surface area (Å²) in [5, 5.41) is 3.41. The Bertz CT molecular complexity index is 398. The SMILES string of the molecule is CNC1CCCOc2c(C)c(C)cc(C)c21. The minimum Gasteiger partial charge on any atom is -0.493 e. The Morgan fingerprint density at radius 2 is 2.00 bits per heavy atom. The molecular weight excluding hydrogens is 198 g/mol. The third-order valence-corrected chi connectivity index (χ3v) is 3.62. The number of ether oxygens (including phenoxy) is 1. The molecule has 16 heavy (non-hydrogen) atoms. The van der Waals surface area contributed by atoms with E-state index in [0.717, 1.165) is 25.2 Å². The molecule has 2 rings (SSSR count). The van der Waals surface area contributed by atoms with Crippen LogP contribution in [0.2, 0.25) is 0 Å². The fraction of sp³-hybridized carbons (Fsp3) is 0.571. The van der Waals surface area contributed by atoms with Crippen LogP contribution in [0.25, 0.3) is 0 Å². The van der Waals surface area contributed by atoms with Crippen molar-refractivity contribution in [1.29, 1.82) is 0 Å². The molecule has 0 fully saturated rings. The molecule has 0 saturated carbocycles. The van der Waals surface area contributed by atoms with Crippen LogP contribution in [0.1, 0.15) is 41.1 Å². The smallest absolute Gasteiger partial charge is 0.127 e. The third-order valence-electron chi connectivity index (χ3n) is 3.62. The minimum atomic E-state index is 0.441. The normalized spacial score (nSPS) is 19.9. The van der Waals surface area contributed by atoms with Gasteiger partial charge in [-0.15, -0.1) is 0 Å². The average molecular weight is 219 g/mol. The van der Waals surface area contributed by atoms with Gasteiger partial charge in [0.2, 0.25) is 0 Å². The van der Waals surface area contributed by atoms with Gasteiger partial charge in [0.15, 0.2) is 0 Å². The predicted molar refractivity (Wildman–Crippen MR) is 67.2 cm³/mol. The highest BCUT2D eigenvalue weighted by molar-refractivity contribution is 5.51. The van der Waals surface area contributed by atoms with Crippen molar-refractivity contribution in [2.45, 2.75) is 39.7 Å². The molecule has 1 aliphatic heterocycles. The number of nitrogens with one attached hydrogen (secondary N) is 1.